The average molecular weight is 342 g/mol. The molecule has 3 rings (SSSR count). The number of rotatable bonds is 5. The third-order valence-corrected chi connectivity index (χ3v) is 4.02. The highest BCUT2D eigenvalue weighted by atomic mass is 79.9. The summed E-state index contributed by atoms with van der Waals surface area (Å²) in [5.74, 6) is 0. The van der Waals surface area contributed by atoms with E-state index in [1.165, 1.54) is 5.56 Å². The molecule has 1 heterocycles. The van der Waals surface area contributed by atoms with Gasteiger partial charge in [-0.3, -0.25) is 0 Å². The molecule has 4 heteroatoms. The minimum Gasteiger partial charge on any atom is -0.307 e. The molecule has 0 fully saturated rings. The van der Waals surface area contributed by atoms with E-state index in [0.29, 0.717) is 0 Å². The molecule has 0 atom stereocenters. The Balaban J connectivity index is 1.60. The molecule has 0 saturated heterocycles. The molecule has 3 aromatic rings. The van der Waals surface area contributed by atoms with Crippen molar-refractivity contribution < 1.29 is 0 Å². The first-order chi connectivity index (χ1) is 10.3. The number of nitrogens with zero attached hydrogens (tertiary/aromatic N) is 2. The fourth-order valence-electron chi connectivity index (χ4n) is 2.15. The molecule has 21 heavy (non-hydrogen) atoms. The molecule has 0 amide bonds. The van der Waals surface area contributed by atoms with E-state index >= 15 is 0 Å². The highest BCUT2D eigenvalue weighted by molar-refractivity contribution is 9.10. The number of halogens is 1. The van der Waals surface area contributed by atoms with E-state index in [2.05, 4.69) is 38.5 Å². The molecule has 0 aliphatic heterocycles. The summed E-state index contributed by atoms with van der Waals surface area (Å²) >= 11 is 3.56. The van der Waals surface area contributed by atoms with Crippen molar-refractivity contribution in [2.45, 2.75) is 13.1 Å². The molecule has 0 unspecified atom stereocenters. The third kappa shape index (κ3) is 3.60. The molecular formula is C17H16BrN3. The van der Waals surface area contributed by atoms with Crippen molar-refractivity contribution in [3.63, 3.8) is 0 Å². The minimum absolute atomic E-state index is 0.751. The van der Waals surface area contributed by atoms with E-state index in [9.17, 15) is 0 Å². The van der Waals surface area contributed by atoms with E-state index in [-0.39, 0.29) is 0 Å². The Morgan fingerprint density at radius 2 is 1.67 bits per heavy atom. The molecule has 0 saturated carbocycles. The van der Waals surface area contributed by atoms with Gasteiger partial charge in [-0.2, -0.15) is 5.10 Å². The molecule has 106 valence electrons. The molecule has 0 spiro atoms. The van der Waals surface area contributed by atoms with Gasteiger partial charge in [-0.15, -0.1) is 0 Å². The summed E-state index contributed by atoms with van der Waals surface area (Å²) in [7, 11) is 0. The Bertz CT molecular complexity index is 707. The maximum atomic E-state index is 4.58. The summed E-state index contributed by atoms with van der Waals surface area (Å²) in [6.07, 6.45) is 1.99. The van der Waals surface area contributed by atoms with Gasteiger partial charge in [0.05, 0.1) is 11.4 Å². The van der Waals surface area contributed by atoms with Gasteiger partial charge in [0.1, 0.15) is 0 Å². The van der Waals surface area contributed by atoms with Gasteiger partial charge in [-0.25, -0.2) is 4.68 Å². The van der Waals surface area contributed by atoms with Gasteiger partial charge in [0.2, 0.25) is 0 Å². The standard InChI is InChI=1S/C17H16BrN3/c18-17-9-5-4-6-14(17)12-19-13-15-10-11-21(20-15)16-7-2-1-3-8-16/h1-11,19H,12-13H2. The van der Waals surface area contributed by atoms with Crippen molar-refractivity contribution in [2.75, 3.05) is 0 Å². The second-order valence-corrected chi connectivity index (χ2v) is 5.64. The van der Waals surface area contributed by atoms with E-state index in [1.807, 2.05) is 59.4 Å². The lowest BCUT2D eigenvalue weighted by molar-refractivity contribution is 0.668. The van der Waals surface area contributed by atoms with Crippen LogP contribution in [0.4, 0.5) is 0 Å². The zero-order valence-electron chi connectivity index (χ0n) is 11.5. The number of hydrogen-bond acceptors (Lipinski definition) is 2. The number of para-hydroxylation sites is 1. The molecule has 1 aromatic heterocycles. The van der Waals surface area contributed by atoms with Crippen LogP contribution in [0.15, 0.2) is 71.3 Å². The lowest BCUT2D eigenvalue weighted by atomic mass is 10.2. The molecule has 2 aromatic carbocycles. The van der Waals surface area contributed by atoms with E-state index in [0.717, 1.165) is 28.9 Å². The summed E-state index contributed by atoms with van der Waals surface area (Å²) in [5, 5.41) is 7.99. The van der Waals surface area contributed by atoms with Crippen molar-refractivity contribution in [3.05, 3.63) is 82.6 Å². The lowest BCUT2D eigenvalue weighted by Crippen LogP contribution is -2.13. The van der Waals surface area contributed by atoms with Crippen molar-refractivity contribution >= 4 is 15.9 Å². The van der Waals surface area contributed by atoms with E-state index < -0.39 is 0 Å². The van der Waals surface area contributed by atoms with Gasteiger partial charge >= 0.3 is 0 Å². The van der Waals surface area contributed by atoms with Gasteiger partial charge < -0.3 is 5.32 Å². The van der Waals surface area contributed by atoms with Gasteiger partial charge in [-0.05, 0) is 29.8 Å². The van der Waals surface area contributed by atoms with Crippen LogP contribution in [0, 0.1) is 0 Å². The van der Waals surface area contributed by atoms with Crippen LogP contribution in [0.1, 0.15) is 11.3 Å². The van der Waals surface area contributed by atoms with Crippen LogP contribution >= 0.6 is 15.9 Å². The Kier molecular flexibility index (Phi) is 4.48. The molecule has 3 nitrogen and oxygen atoms in total. The van der Waals surface area contributed by atoms with Crippen molar-refractivity contribution in [1.82, 2.24) is 15.1 Å². The summed E-state index contributed by atoms with van der Waals surface area (Å²) in [5.41, 5.74) is 3.36. The molecule has 1 N–H and O–H groups in total. The van der Waals surface area contributed by atoms with Crippen molar-refractivity contribution in [1.29, 1.82) is 0 Å². The van der Waals surface area contributed by atoms with Crippen LogP contribution in [0.3, 0.4) is 0 Å². The fraction of sp³-hybridized carbons (Fsp3) is 0.118. The van der Waals surface area contributed by atoms with Crippen LogP contribution in [0.25, 0.3) is 5.69 Å². The predicted octanol–water partition coefficient (Wildman–Crippen LogP) is 3.92. The largest absolute Gasteiger partial charge is 0.307 e. The van der Waals surface area contributed by atoms with Crippen LogP contribution < -0.4 is 5.32 Å². The predicted molar refractivity (Wildman–Crippen MR) is 88.2 cm³/mol. The number of nitrogens with one attached hydrogen (secondary N) is 1. The lowest BCUT2D eigenvalue weighted by Gasteiger charge is -2.05. The third-order valence-electron chi connectivity index (χ3n) is 3.24. The number of hydrogen-bond donors (Lipinski definition) is 1. The normalized spacial score (nSPS) is 10.7. The monoisotopic (exact) mass is 341 g/mol. The smallest absolute Gasteiger partial charge is 0.0766 e. The zero-order chi connectivity index (χ0) is 14.5. The Morgan fingerprint density at radius 3 is 2.48 bits per heavy atom. The first-order valence-corrected chi connectivity index (χ1v) is 7.66. The number of aromatic nitrogens is 2. The highest BCUT2D eigenvalue weighted by Crippen LogP contribution is 2.15. The summed E-state index contributed by atoms with van der Waals surface area (Å²) in [6.45, 7) is 1.57. The van der Waals surface area contributed by atoms with Crippen LogP contribution in [0.5, 0.6) is 0 Å². The topological polar surface area (TPSA) is 29.9 Å². The number of benzene rings is 2. The molecule has 0 radical (unpaired) electrons. The summed E-state index contributed by atoms with van der Waals surface area (Å²) in [4.78, 5) is 0. The summed E-state index contributed by atoms with van der Waals surface area (Å²) < 4.78 is 3.03. The second kappa shape index (κ2) is 6.70. The SMILES string of the molecule is Brc1ccccc1CNCc1ccn(-c2ccccc2)n1. The first-order valence-electron chi connectivity index (χ1n) is 6.87. The summed E-state index contributed by atoms with van der Waals surface area (Å²) in [6, 6.07) is 20.4. The quantitative estimate of drug-likeness (QED) is 0.762. The Morgan fingerprint density at radius 1 is 0.905 bits per heavy atom. The van der Waals surface area contributed by atoms with Crippen molar-refractivity contribution in [2.24, 2.45) is 0 Å². The van der Waals surface area contributed by atoms with Gasteiger partial charge in [0.25, 0.3) is 0 Å². The van der Waals surface area contributed by atoms with Gasteiger partial charge in [0.15, 0.2) is 0 Å². The molecular weight excluding hydrogens is 326 g/mol. The van der Waals surface area contributed by atoms with E-state index in [1.54, 1.807) is 0 Å². The highest BCUT2D eigenvalue weighted by Gasteiger charge is 2.02. The molecule has 0 bridgehead atoms. The van der Waals surface area contributed by atoms with Crippen LogP contribution in [0.2, 0.25) is 0 Å². The maximum Gasteiger partial charge on any atom is 0.0766 e. The Labute approximate surface area is 132 Å². The van der Waals surface area contributed by atoms with Crippen LogP contribution in [-0.2, 0) is 13.1 Å². The van der Waals surface area contributed by atoms with Gasteiger partial charge in [0, 0.05) is 23.8 Å². The zero-order valence-corrected chi connectivity index (χ0v) is 13.1. The van der Waals surface area contributed by atoms with Gasteiger partial charge in [-0.1, -0.05) is 52.3 Å². The van der Waals surface area contributed by atoms with Crippen LogP contribution in [-0.4, -0.2) is 9.78 Å². The van der Waals surface area contributed by atoms with E-state index in [4.69, 9.17) is 0 Å². The van der Waals surface area contributed by atoms with Crippen molar-refractivity contribution in [3.8, 4) is 5.69 Å². The Hall–Kier alpha value is -1.91. The molecule has 0 aliphatic rings. The first kappa shape index (κ1) is 14.0. The molecule has 0 aliphatic carbocycles. The average Bonchev–Trinajstić information content (AvgIpc) is 2.99. The minimum atomic E-state index is 0.751. The second-order valence-electron chi connectivity index (χ2n) is 4.78. The fourth-order valence-corrected chi connectivity index (χ4v) is 2.57. The maximum absolute atomic E-state index is 4.58.